The summed E-state index contributed by atoms with van der Waals surface area (Å²) < 4.78 is 6.36. The van der Waals surface area contributed by atoms with E-state index in [0.29, 0.717) is 10.7 Å². The fourth-order valence-corrected chi connectivity index (χ4v) is 2.65. The maximum Gasteiger partial charge on any atom is 0.351 e. The third-order valence-corrected chi connectivity index (χ3v) is 4.29. The van der Waals surface area contributed by atoms with Gasteiger partial charge in [-0.15, -0.1) is 0 Å². The number of esters is 1. The topological polar surface area (TPSA) is 112 Å². The lowest BCUT2D eigenvalue weighted by Crippen LogP contribution is -2.43. The number of amides is 1. The summed E-state index contributed by atoms with van der Waals surface area (Å²) in [5.41, 5.74) is -1.58. The maximum absolute atomic E-state index is 12.7. The Bertz CT molecular complexity index is 1210. The first-order chi connectivity index (χ1) is 13.8. The first kappa shape index (κ1) is 20.0. The van der Waals surface area contributed by atoms with Crippen LogP contribution in [-0.4, -0.2) is 33.3 Å². The molecule has 0 saturated carbocycles. The Morgan fingerprint density at radius 3 is 2.38 bits per heavy atom. The number of hydrogen-bond donors (Lipinski definition) is 1. The van der Waals surface area contributed by atoms with Gasteiger partial charge < -0.3 is 10.1 Å². The molecule has 0 aliphatic heterocycles. The van der Waals surface area contributed by atoms with E-state index in [-0.39, 0.29) is 11.3 Å². The Kier molecular flexibility index (Phi) is 5.60. The number of nitrogens with zero attached hydrogens (tertiary/aromatic N) is 3. The molecule has 3 aromatic rings. The number of hydrogen-bond acceptors (Lipinski definition) is 6. The summed E-state index contributed by atoms with van der Waals surface area (Å²) in [6, 6.07) is 12.3. The zero-order chi connectivity index (χ0) is 21.1. The van der Waals surface area contributed by atoms with E-state index in [1.807, 2.05) is 0 Å². The molecule has 3 rings (SSSR count). The third-order valence-electron chi connectivity index (χ3n) is 4.04. The molecule has 0 spiro atoms. The quantitative estimate of drug-likeness (QED) is 0.649. The van der Waals surface area contributed by atoms with Crippen molar-refractivity contribution in [3.05, 3.63) is 85.6 Å². The summed E-state index contributed by atoms with van der Waals surface area (Å²) in [6.07, 6.45) is 0. The molecule has 0 saturated heterocycles. The van der Waals surface area contributed by atoms with Gasteiger partial charge in [0.2, 0.25) is 5.69 Å². The minimum absolute atomic E-state index is 0.103. The van der Waals surface area contributed by atoms with Gasteiger partial charge in [-0.1, -0.05) is 23.7 Å². The van der Waals surface area contributed by atoms with Crippen LogP contribution in [0, 0.1) is 0 Å². The van der Waals surface area contributed by atoms with Crippen LogP contribution in [0.25, 0.3) is 5.69 Å². The molecule has 9 nitrogen and oxygen atoms in total. The van der Waals surface area contributed by atoms with Gasteiger partial charge in [0.25, 0.3) is 11.5 Å². The molecule has 0 bridgehead atoms. The predicted molar refractivity (Wildman–Crippen MR) is 106 cm³/mol. The zero-order valence-corrected chi connectivity index (χ0v) is 16.1. The Morgan fingerprint density at radius 1 is 1.07 bits per heavy atom. The van der Waals surface area contributed by atoms with Gasteiger partial charge >= 0.3 is 11.7 Å². The number of para-hydroxylation sites is 1. The van der Waals surface area contributed by atoms with Crippen molar-refractivity contribution >= 4 is 29.2 Å². The highest BCUT2D eigenvalue weighted by molar-refractivity contribution is 6.30. The van der Waals surface area contributed by atoms with Gasteiger partial charge in [0.1, 0.15) is 0 Å². The normalized spacial score (nSPS) is 10.4. The molecule has 1 aromatic heterocycles. The Labute approximate surface area is 169 Å². The zero-order valence-electron chi connectivity index (χ0n) is 15.4. The fraction of sp³-hybridized carbons (Fsp3) is 0.105. The molecule has 1 N–H and O–H groups in total. The molecular weight excluding hydrogens is 400 g/mol. The van der Waals surface area contributed by atoms with Crippen molar-refractivity contribution < 1.29 is 14.3 Å². The van der Waals surface area contributed by atoms with Gasteiger partial charge in [-0.2, -0.15) is 9.78 Å². The monoisotopic (exact) mass is 414 g/mol. The number of halogens is 1. The molecule has 2 aromatic carbocycles. The molecule has 0 atom stereocenters. The Balaban J connectivity index is 2.07. The number of rotatable bonds is 4. The number of methoxy groups -OCH3 is 1. The van der Waals surface area contributed by atoms with Crippen LogP contribution in [-0.2, 0) is 11.8 Å². The third kappa shape index (κ3) is 3.94. The number of ether oxygens (including phenoxy) is 1. The number of aromatic nitrogens is 3. The Morgan fingerprint density at radius 2 is 1.72 bits per heavy atom. The number of anilines is 1. The molecule has 10 heteroatoms. The van der Waals surface area contributed by atoms with Crippen molar-refractivity contribution in [1.29, 1.82) is 0 Å². The second kappa shape index (κ2) is 8.11. The number of benzene rings is 2. The SMILES string of the molecule is COC(=O)c1ccccc1NC(=O)c1nn(-c2ccc(Cl)cc2)c(=O)n(C)c1=O. The molecule has 0 unspecified atom stereocenters. The summed E-state index contributed by atoms with van der Waals surface area (Å²) in [7, 11) is 2.44. The van der Waals surface area contributed by atoms with Crippen molar-refractivity contribution in [1.82, 2.24) is 14.3 Å². The molecule has 1 heterocycles. The van der Waals surface area contributed by atoms with Crippen molar-refractivity contribution in [2.24, 2.45) is 7.05 Å². The van der Waals surface area contributed by atoms with Crippen molar-refractivity contribution in [2.45, 2.75) is 0 Å². The highest BCUT2D eigenvalue weighted by Crippen LogP contribution is 2.16. The fourth-order valence-electron chi connectivity index (χ4n) is 2.53. The van der Waals surface area contributed by atoms with Gasteiger partial charge in [-0.05, 0) is 36.4 Å². The molecule has 148 valence electrons. The summed E-state index contributed by atoms with van der Waals surface area (Å²) in [5.74, 6) is -1.54. The van der Waals surface area contributed by atoms with Crippen molar-refractivity contribution in [3.8, 4) is 5.69 Å². The minimum atomic E-state index is -0.885. The lowest BCUT2D eigenvalue weighted by molar-refractivity contribution is 0.0602. The number of carbonyl (C=O) groups excluding carboxylic acids is 2. The van der Waals surface area contributed by atoms with E-state index >= 15 is 0 Å². The van der Waals surface area contributed by atoms with E-state index in [9.17, 15) is 19.2 Å². The van der Waals surface area contributed by atoms with E-state index in [1.165, 1.54) is 38.4 Å². The minimum Gasteiger partial charge on any atom is -0.465 e. The van der Waals surface area contributed by atoms with Crippen LogP contribution in [0.2, 0.25) is 5.02 Å². The first-order valence-corrected chi connectivity index (χ1v) is 8.66. The maximum atomic E-state index is 12.7. The first-order valence-electron chi connectivity index (χ1n) is 8.28. The molecule has 29 heavy (non-hydrogen) atoms. The van der Waals surface area contributed by atoms with E-state index in [4.69, 9.17) is 11.6 Å². The van der Waals surface area contributed by atoms with E-state index in [1.54, 1.807) is 24.3 Å². The van der Waals surface area contributed by atoms with Crippen LogP contribution in [0.15, 0.2) is 58.1 Å². The highest BCUT2D eigenvalue weighted by Gasteiger charge is 2.21. The lowest BCUT2D eigenvalue weighted by Gasteiger charge is -2.11. The highest BCUT2D eigenvalue weighted by atomic mass is 35.5. The van der Waals surface area contributed by atoms with Crippen LogP contribution in [0.3, 0.4) is 0 Å². The average Bonchev–Trinajstić information content (AvgIpc) is 2.73. The van der Waals surface area contributed by atoms with Gasteiger partial charge in [-0.25, -0.2) is 9.59 Å². The van der Waals surface area contributed by atoms with Gasteiger partial charge in [0, 0.05) is 12.1 Å². The van der Waals surface area contributed by atoms with Gasteiger partial charge in [0.15, 0.2) is 0 Å². The molecule has 1 amide bonds. The smallest absolute Gasteiger partial charge is 0.351 e. The average molecular weight is 415 g/mol. The summed E-state index contributed by atoms with van der Waals surface area (Å²) >= 11 is 5.85. The van der Waals surface area contributed by atoms with E-state index < -0.39 is 28.8 Å². The van der Waals surface area contributed by atoms with Crippen LogP contribution in [0.1, 0.15) is 20.8 Å². The van der Waals surface area contributed by atoms with E-state index in [2.05, 4.69) is 15.2 Å². The number of carbonyl (C=O) groups is 2. The summed E-state index contributed by atoms with van der Waals surface area (Å²) in [5, 5.41) is 6.84. The van der Waals surface area contributed by atoms with Gasteiger partial charge in [0.05, 0.1) is 24.0 Å². The van der Waals surface area contributed by atoms with Crippen molar-refractivity contribution in [2.75, 3.05) is 12.4 Å². The second-order valence-electron chi connectivity index (χ2n) is 5.87. The lowest BCUT2D eigenvalue weighted by atomic mass is 10.1. The summed E-state index contributed by atoms with van der Waals surface area (Å²) in [6.45, 7) is 0. The van der Waals surface area contributed by atoms with E-state index in [0.717, 1.165) is 9.25 Å². The number of nitrogens with one attached hydrogen (secondary N) is 1. The molecular formula is C19H15ClN4O5. The standard InChI is InChI=1S/C19H15ClN4O5/c1-23-17(26)15(22-24(19(23)28)12-9-7-11(20)8-10-12)16(25)21-14-6-4-3-5-13(14)18(27)29-2/h3-10H,1-2H3,(H,21,25). The van der Waals surface area contributed by atoms with Crippen LogP contribution in [0.5, 0.6) is 0 Å². The Hall–Kier alpha value is -3.72. The van der Waals surface area contributed by atoms with Crippen LogP contribution < -0.4 is 16.6 Å². The predicted octanol–water partition coefficient (Wildman–Crippen LogP) is 1.62. The van der Waals surface area contributed by atoms with Crippen LogP contribution in [0.4, 0.5) is 5.69 Å². The van der Waals surface area contributed by atoms with Crippen molar-refractivity contribution in [3.63, 3.8) is 0 Å². The largest absolute Gasteiger partial charge is 0.465 e. The van der Waals surface area contributed by atoms with Gasteiger partial charge in [-0.3, -0.25) is 14.2 Å². The summed E-state index contributed by atoms with van der Waals surface area (Å²) in [4.78, 5) is 49.5. The molecule has 0 fully saturated rings. The molecule has 0 aliphatic rings. The molecule has 0 aliphatic carbocycles. The van der Waals surface area contributed by atoms with Crippen LogP contribution >= 0.6 is 11.6 Å². The molecule has 0 radical (unpaired) electrons. The second-order valence-corrected chi connectivity index (χ2v) is 6.31.